The first-order chi connectivity index (χ1) is 20.8. The molecule has 226 valence electrons. The van der Waals surface area contributed by atoms with Crippen LogP contribution in [-0.2, 0) is 22.3 Å². The van der Waals surface area contributed by atoms with E-state index in [9.17, 15) is 19.1 Å². The molecule has 4 aromatic rings. The summed E-state index contributed by atoms with van der Waals surface area (Å²) < 4.78 is 28.4. The molecule has 10 nitrogen and oxygen atoms in total. The number of urea groups is 1. The Morgan fingerprint density at radius 3 is 2.23 bits per heavy atom. The van der Waals surface area contributed by atoms with Crippen molar-refractivity contribution >= 4 is 30.3 Å². The van der Waals surface area contributed by atoms with Gasteiger partial charge in [-0.05, 0) is 61.3 Å². The number of carbonyl (C=O) groups is 1. The fourth-order valence-electron chi connectivity index (χ4n) is 5.02. The molecule has 1 fully saturated rings. The van der Waals surface area contributed by atoms with Gasteiger partial charge in [0.25, 0.3) is 0 Å². The van der Waals surface area contributed by atoms with Crippen molar-refractivity contribution < 1.29 is 33.2 Å². The predicted molar refractivity (Wildman–Crippen MR) is 165 cm³/mol. The van der Waals surface area contributed by atoms with E-state index in [4.69, 9.17) is 14.1 Å². The first kappa shape index (κ1) is 30.5. The first-order valence-corrected chi connectivity index (χ1v) is 15.8. The summed E-state index contributed by atoms with van der Waals surface area (Å²) in [5.41, 5.74) is 2.05. The Morgan fingerprint density at radius 1 is 0.814 bits per heavy atom. The summed E-state index contributed by atoms with van der Waals surface area (Å²) >= 11 is 0. The minimum Gasteiger partial charge on any atom is -0.492 e. The molecule has 43 heavy (non-hydrogen) atoms. The number of hydrogen-bond donors (Lipinski definition) is 3. The van der Waals surface area contributed by atoms with Crippen LogP contribution in [0.3, 0.4) is 0 Å². The third kappa shape index (κ3) is 9.03. The van der Waals surface area contributed by atoms with E-state index in [-0.39, 0.29) is 6.54 Å². The number of piperidine rings is 1. The standard InChI is InChI=1S/C32H36N3O7P/c36-32(35(42-43(37,38)39)23-25-9-3-1-4-10-25)33-30-17-18-31(29-12-6-5-11-28(29)30)41-24-26-13-15-27(16-14-26)40-22-21-34-19-7-2-8-20-34/h1,3-6,9-18H,2,7-8,19-24H2,(H,33,36)(H2,37,38,39). The highest BCUT2D eigenvalue weighted by atomic mass is 31.2. The lowest BCUT2D eigenvalue weighted by Gasteiger charge is -2.26. The lowest BCUT2D eigenvalue weighted by molar-refractivity contribution is -0.0404. The molecule has 0 atom stereocenters. The van der Waals surface area contributed by atoms with Gasteiger partial charge in [-0.1, -0.05) is 73.2 Å². The summed E-state index contributed by atoms with van der Waals surface area (Å²) in [6, 6.07) is 26.7. The number of hydroxylamine groups is 2. The maximum absolute atomic E-state index is 13.1. The molecule has 0 spiro atoms. The van der Waals surface area contributed by atoms with Crippen molar-refractivity contribution in [2.75, 3.05) is 31.6 Å². The topological polar surface area (TPSA) is 121 Å². The molecule has 4 aromatic carbocycles. The number of hydrogen-bond acceptors (Lipinski definition) is 6. The number of carbonyl (C=O) groups excluding carboxylic acids is 1. The maximum Gasteiger partial charge on any atom is 0.491 e. The van der Waals surface area contributed by atoms with Crippen LogP contribution in [0.15, 0.2) is 91.0 Å². The molecule has 0 bridgehead atoms. The summed E-state index contributed by atoms with van der Waals surface area (Å²) in [5, 5.41) is 4.80. The molecule has 5 rings (SSSR count). The molecule has 2 amide bonds. The Labute approximate surface area is 251 Å². The second kappa shape index (κ2) is 14.5. The van der Waals surface area contributed by atoms with E-state index in [0.717, 1.165) is 36.3 Å². The third-order valence-corrected chi connectivity index (χ3v) is 7.58. The van der Waals surface area contributed by atoms with Crippen molar-refractivity contribution in [2.24, 2.45) is 0 Å². The summed E-state index contributed by atoms with van der Waals surface area (Å²) in [6.07, 6.45) is 3.86. The highest BCUT2D eigenvalue weighted by molar-refractivity contribution is 7.46. The van der Waals surface area contributed by atoms with Gasteiger partial charge in [-0.15, -0.1) is 0 Å². The molecule has 1 saturated heterocycles. The number of rotatable bonds is 12. The zero-order valence-electron chi connectivity index (χ0n) is 23.8. The summed E-state index contributed by atoms with van der Waals surface area (Å²) in [5.74, 6) is 1.46. The van der Waals surface area contributed by atoms with Gasteiger partial charge in [0.15, 0.2) is 0 Å². The van der Waals surface area contributed by atoms with Crippen LogP contribution in [0.1, 0.15) is 30.4 Å². The Kier molecular flexibility index (Phi) is 10.3. The molecule has 0 aliphatic carbocycles. The van der Waals surface area contributed by atoms with E-state index in [1.165, 1.54) is 19.3 Å². The van der Waals surface area contributed by atoms with Crippen LogP contribution in [0.5, 0.6) is 11.5 Å². The fourth-order valence-corrected chi connectivity index (χ4v) is 5.41. The molecular formula is C32H36N3O7P. The van der Waals surface area contributed by atoms with Crippen LogP contribution in [0.2, 0.25) is 0 Å². The Morgan fingerprint density at radius 2 is 1.51 bits per heavy atom. The van der Waals surface area contributed by atoms with Crippen LogP contribution in [0, 0.1) is 0 Å². The van der Waals surface area contributed by atoms with E-state index >= 15 is 0 Å². The Bertz CT molecular complexity index is 1540. The van der Waals surface area contributed by atoms with E-state index in [0.29, 0.717) is 40.7 Å². The van der Waals surface area contributed by atoms with Gasteiger partial charge in [0.2, 0.25) is 0 Å². The van der Waals surface area contributed by atoms with E-state index < -0.39 is 13.9 Å². The van der Waals surface area contributed by atoms with Crippen molar-refractivity contribution in [3.05, 3.63) is 102 Å². The van der Waals surface area contributed by atoms with E-state index in [1.54, 1.807) is 42.5 Å². The van der Waals surface area contributed by atoms with Gasteiger partial charge in [-0.25, -0.2) is 9.36 Å². The van der Waals surface area contributed by atoms with Crippen LogP contribution in [0.25, 0.3) is 10.8 Å². The van der Waals surface area contributed by atoms with Gasteiger partial charge in [0.1, 0.15) is 24.7 Å². The molecular weight excluding hydrogens is 569 g/mol. The molecule has 0 aromatic heterocycles. The van der Waals surface area contributed by atoms with Gasteiger partial charge in [-0.3, -0.25) is 4.90 Å². The second-order valence-electron chi connectivity index (χ2n) is 10.4. The number of benzene rings is 4. The van der Waals surface area contributed by atoms with E-state index in [1.807, 2.05) is 48.5 Å². The Balaban J connectivity index is 1.22. The average Bonchev–Trinajstić information content (AvgIpc) is 3.01. The van der Waals surface area contributed by atoms with E-state index in [2.05, 4.69) is 10.2 Å². The molecule has 11 heteroatoms. The lowest BCUT2D eigenvalue weighted by atomic mass is 10.1. The number of phosphoric acid groups is 1. The van der Waals surface area contributed by atoms with Crippen LogP contribution >= 0.6 is 7.82 Å². The van der Waals surface area contributed by atoms with Crippen LogP contribution < -0.4 is 14.8 Å². The normalized spacial score (nSPS) is 13.9. The number of fused-ring (bicyclic) bond motifs is 1. The van der Waals surface area contributed by atoms with Crippen LogP contribution in [0.4, 0.5) is 10.5 Å². The van der Waals surface area contributed by atoms with Gasteiger partial charge in [-0.2, -0.15) is 9.69 Å². The van der Waals surface area contributed by atoms with Crippen molar-refractivity contribution in [1.29, 1.82) is 0 Å². The SMILES string of the molecule is O=C(Nc1ccc(OCc2ccc(OCCN3CCCCC3)cc2)c2ccccc12)N(Cc1ccccc1)OP(=O)(O)O. The van der Waals surface area contributed by atoms with Gasteiger partial charge in [0.05, 0.1) is 12.2 Å². The average molecular weight is 606 g/mol. The smallest absolute Gasteiger partial charge is 0.491 e. The number of anilines is 1. The maximum atomic E-state index is 13.1. The lowest BCUT2D eigenvalue weighted by Crippen LogP contribution is -2.33. The summed E-state index contributed by atoms with van der Waals surface area (Å²) in [7, 11) is -4.99. The number of nitrogens with one attached hydrogen (secondary N) is 1. The molecule has 0 unspecified atom stereocenters. The molecule has 1 aliphatic heterocycles. The van der Waals surface area contributed by atoms with Crippen molar-refractivity contribution in [2.45, 2.75) is 32.4 Å². The second-order valence-corrected chi connectivity index (χ2v) is 11.5. The third-order valence-electron chi connectivity index (χ3n) is 7.17. The quantitative estimate of drug-likeness (QED) is 0.126. The van der Waals surface area contributed by atoms with Gasteiger partial charge < -0.3 is 24.6 Å². The van der Waals surface area contributed by atoms with Crippen molar-refractivity contribution in [3.63, 3.8) is 0 Å². The van der Waals surface area contributed by atoms with Gasteiger partial charge in [0, 0.05) is 17.3 Å². The minimum atomic E-state index is -4.99. The molecule has 0 saturated carbocycles. The fraction of sp³-hybridized carbons (Fsp3) is 0.281. The number of amides is 2. The van der Waals surface area contributed by atoms with Crippen molar-refractivity contribution in [1.82, 2.24) is 9.96 Å². The Hall–Kier alpha value is -3.92. The van der Waals surface area contributed by atoms with Crippen LogP contribution in [-0.4, -0.2) is 52.0 Å². The molecule has 0 radical (unpaired) electrons. The number of likely N-dealkylation sites (tertiary alicyclic amines) is 1. The molecule has 3 N–H and O–H groups in total. The summed E-state index contributed by atoms with van der Waals surface area (Å²) in [6.45, 7) is 4.08. The highest BCUT2D eigenvalue weighted by Gasteiger charge is 2.26. The first-order valence-electron chi connectivity index (χ1n) is 14.3. The minimum absolute atomic E-state index is 0.167. The number of nitrogens with zero attached hydrogens (tertiary/aromatic N) is 2. The van der Waals surface area contributed by atoms with Crippen molar-refractivity contribution in [3.8, 4) is 11.5 Å². The zero-order valence-corrected chi connectivity index (χ0v) is 24.7. The highest BCUT2D eigenvalue weighted by Crippen LogP contribution is 2.38. The zero-order chi connectivity index (χ0) is 30.1. The van der Waals surface area contributed by atoms with Gasteiger partial charge >= 0.3 is 13.9 Å². The predicted octanol–water partition coefficient (Wildman–Crippen LogP) is 6.34. The molecule has 1 aliphatic rings. The largest absolute Gasteiger partial charge is 0.492 e. The molecule has 1 heterocycles. The number of ether oxygens (including phenoxy) is 2. The monoisotopic (exact) mass is 605 g/mol. The summed E-state index contributed by atoms with van der Waals surface area (Å²) in [4.78, 5) is 34.3.